The molecule has 10 aromatic rings. The summed E-state index contributed by atoms with van der Waals surface area (Å²) in [5.74, 6) is 0.695. The zero-order valence-corrected chi connectivity index (χ0v) is 27.7. The lowest BCUT2D eigenvalue weighted by atomic mass is 9.93. The molecule has 0 aliphatic carbocycles. The molecule has 50 heavy (non-hydrogen) atoms. The van der Waals surface area contributed by atoms with Crippen LogP contribution in [0.4, 0.5) is 0 Å². The Morgan fingerprint density at radius 1 is 0.420 bits per heavy atom. The molecule has 0 aliphatic heterocycles. The lowest BCUT2D eigenvalue weighted by Crippen LogP contribution is -1.94. The molecule has 0 N–H and O–H groups in total. The van der Waals surface area contributed by atoms with E-state index >= 15 is 0 Å². The van der Waals surface area contributed by atoms with E-state index in [1.54, 1.807) is 11.3 Å². The van der Waals surface area contributed by atoms with E-state index in [4.69, 9.17) is 14.4 Å². The van der Waals surface area contributed by atoms with Gasteiger partial charge in [0.1, 0.15) is 11.2 Å². The molecule has 0 atom stereocenters. The molecule has 0 saturated heterocycles. The summed E-state index contributed by atoms with van der Waals surface area (Å²) in [6, 6.07) is 59.6. The molecule has 7 aromatic carbocycles. The Morgan fingerprint density at radius 2 is 1.04 bits per heavy atom. The van der Waals surface area contributed by atoms with Crippen molar-refractivity contribution >= 4 is 53.6 Å². The highest BCUT2D eigenvalue weighted by molar-refractivity contribution is 7.26. The average molecular weight is 657 g/mol. The molecule has 0 saturated carbocycles. The highest BCUT2D eigenvalue weighted by Crippen LogP contribution is 2.42. The summed E-state index contributed by atoms with van der Waals surface area (Å²) in [5, 5.41) is 3.21. The number of rotatable bonds is 5. The summed E-state index contributed by atoms with van der Waals surface area (Å²) in [5.41, 5.74) is 12.6. The molecular formula is C46H28N2OS. The largest absolute Gasteiger partial charge is 0.456 e. The number of benzene rings is 7. The van der Waals surface area contributed by atoms with Gasteiger partial charge in [0.25, 0.3) is 0 Å². The zero-order valence-electron chi connectivity index (χ0n) is 26.9. The third kappa shape index (κ3) is 4.80. The topological polar surface area (TPSA) is 38.9 Å². The third-order valence-corrected chi connectivity index (χ3v) is 10.7. The first-order valence-corrected chi connectivity index (χ1v) is 17.6. The molecule has 0 unspecified atom stereocenters. The maximum absolute atomic E-state index is 6.61. The van der Waals surface area contributed by atoms with Crippen LogP contribution in [0, 0.1) is 0 Å². The summed E-state index contributed by atoms with van der Waals surface area (Å²) in [6.45, 7) is 0. The fourth-order valence-electron chi connectivity index (χ4n) is 7.08. The van der Waals surface area contributed by atoms with Crippen molar-refractivity contribution in [2.45, 2.75) is 0 Å². The first-order chi connectivity index (χ1) is 24.8. The van der Waals surface area contributed by atoms with E-state index in [-0.39, 0.29) is 0 Å². The van der Waals surface area contributed by atoms with Gasteiger partial charge in [-0.25, -0.2) is 9.97 Å². The van der Waals surface area contributed by atoms with Crippen molar-refractivity contribution in [3.8, 4) is 56.0 Å². The van der Waals surface area contributed by atoms with E-state index in [1.165, 1.54) is 27.0 Å². The molecule has 0 fully saturated rings. The Kier molecular flexibility index (Phi) is 6.68. The number of hydrogen-bond donors (Lipinski definition) is 0. The fraction of sp³-hybridized carbons (Fsp3) is 0. The van der Waals surface area contributed by atoms with Gasteiger partial charge in [0.2, 0.25) is 0 Å². The normalized spacial score (nSPS) is 11.6. The van der Waals surface area contributed by atoms with Crippen molar-refractivity contribution < 1.29 is 4.42 Å². The van der Waals surface area contributed by atoms with Gasteiger partial charge >= 0.3 is 0 Å². The van der Waals surface area contributed by atoms with Crippen LogP contribution in [0.15, 0.2) is 174 Å². The number of nitrogens with zero attached hydrogens (tertiary/aromatic N) is 2. The van der Waals surface area contributed by atoms with Crippen LogP contribution >= 0.6 is 11.3 Å². The molecule has 3 nitrogen and oxygen atoms in total. The molecule has 0 amide bonds. The maximum atomic E-state index is 6.61. The molecule has 234 valence electrons. The van der Waals surface area contributed by atoms with Crippen molar-refractivity contribution in [3.05, 3.63) is 170 Å². The molecule has 0 spiro atoms. The van der Waals surface area contributed by atoms with Gasteiger partial charge in [-0.2, -0.15) is 0 Å². The lowest BCUT2D eigenvalue weighted by Gasteiger charge is -2.11. The highest BCUT2D eigenvalue weighted by atomic mass is 32.1. The van der Waals surface area contributed by atoms with Crippen LogP contribution in [-0.4, -0.2) is 9.97 Å². The Bertz CT molecular complexity index is 2800. The third-order valence-electron chi connectivity index (χ3n) is 9.49. The van der Waals surface area contributed by atoms with Crippen LogP contribution < -0.4 is 0 Å². The van der Waals surface area contributed by atoms with Gasteiger partial charge in [-0.1, -0.05) is 127 Å². The zero-order chi connectivity index (χ0) is 33.0. The molecule has 0 aliphatic rings. The van der Waals surface area contributed by atoms with Crippen molar-refractivity contribution in [2.75, 3.05) is 0 Å². The molecule has 0 radical (unpaired) electrons. The van der Waals surface area contributed by atoms with Crippen LogP contribution in [0.5, 0.6) is 0 Å². The summed E-state index contributed by atoms with van der Waals surface area (Å²) in [7, 11) is 0. The van der Waals surface area contributed by atoms with E-state index in [9.17, 15) is 0 Å². The molecule has 3 aromatic heterocycles. The van der Waals surface area contributed by atoms with Gasteiger partial charge in [-0.05, 0) is 75.8 Å². The standard InChI is InChI=1S/C46H28N2OS/c1-4-13-29(14-5-1)33-25-34(30-15-6-2-7-16-30)27-35(26-33)32-23-24-36-40(28-32)49-39-21-12-20-38(42(36)39)46-47-43(31-17-8-3-9-18-31)45-44(48-46)37-19-10-11-22-41(37)50-45/h1-28H. The van der Waals surface area contributed by atoms with Crippen molar-refractivity contribution in [1.82, 2.24) is 9.97 Å². The number of thiophene rings is 1. The monoisotopic (exact) mass is 656 g/mol. The second kappa shape index (κ2) is 11.7. The van der Waals surface area contributed by atoms with E-state index in [1.807, 2.05) is 18.2 Å². The Hall–Kier alpha value is -6.36. The van der Waals surface area contributed by atoms with Crippen molar-refractivity contribution in [2.24, 2.45) is 0 Å². The van der Waals surface area contributed by atoms with Gasteiger partial charge in [0.05, 0.1) is 15.9 Å². The minimum absolute atomic E-state index is 0.695. The van der Waals surface area contributed by atoms with Gasteiger partial charge in [-0.3, -0.25) is 0 Å². The molecule has 4 heteroatoms. The fourth-order valence-corrected chi connectivity index (χ4v) is 8.24. The van der Waals surface area contributed by atoms with Gasteiger partial charge < -0.3 is 4.42 Å². The predicted molar refractivity (Wildman–Crippen MR) is 209 cm³/mol. The smallest absolute Gasteiger partial charge is 0.161 e. The number of aromatic nitrogens is 2. The Balaban J connectivity index is 1.16. The average Bonchev–Trinajstić information content (AvgIpc) is 3.76. The van der Waals surface area contributed by atoms with Gasteiger partial charge in [-0.15, -0.1) is 11.3 Å². The van der Waals surface area contributed by atoms with E-state index in [0.717, 1.165) is 65.5 Å². The minimum Gasteiger partial charge on any atom is -0.456 e. The SMILES string of the molecule is c1ccc(-c2cc(-c3ccccc3)cc(-c3ccc4c(c3)oc3cccc(-c5nc(-c6ccccc6)c6sc7ccccc7c6n5)c34)c2)cc1. The molecule has 0 bridgehead atoms. The van der Waals surface area contributed by atoms with Gasteiger partial charge in [0, 0.05) is 32.0 Å². The quantitative estimate of drug-likeness (QED) is 0.185. The van der Waals surface area contributed by atoms with Crippen molar-refractivity contribution in [3.63, 3.8) is 0 Å². The van der Waals surface area contributed by atoms with E-state index < -0.39 is 0 Å². The number of furan rings is 1. The van der Waals surface area contributed by atoms with Crippen LogP contribution in [0.1, 0.15) is 0 Å². The second-order valence-electron chi connectivity index (χ2n) is 12.6. The predicted octanol–water partition coefficient (Wildman–Crippen LogP) is 13.1. The van der Waals surface area contributed by atoms with Crippen LogP contribution in [-0.2, 0) is 0 Å². The van der Waals surface area contributed by atoms with E-state index in [0.29, 0.717) is 5.82 Å². The summed E-state index contributed by atoms with van der Waals surface area (Å²) >= 11 is 1.75. The Morgan fingerprint density at radius 3 is 1.74 bits per heavy atom. The summed E-state index contributed by atoms with van der Waals surface area (Å²) in [6.07, 6.45) is 0. The van der Waals surface area contributed by atoms with E-state index in [2.05, 4.69) is 152 Å². The van der Waals surface area contributed by atoms with Crippen molar-refractivity contribution in [1.29, 1.82) is 0 Å². The van der Waals surface area contributed by atoms with Crippen LogP contribution in [0.3, 0.4) is 0 Å². The molecular weight excluding hydrogens is 629 g/mol. The Labute approximate surface area is 292 Å². The number of fused-ring (bicyclic) bond motifs is 6. The highest BCUT2D eigenvalue weighted by Gasteiger charge is 2.20. The van der Waals surface area contributed by atoms with Crippen LogP contribution in [0.2, 0.25) is 0 Å². The first kappa shape index (κ1) is 28.6. The first-order valence-electron chi connectivity index (χ1n) is 16.7. The van der Waals surface area contributed by atoms with Crippen LogP contribution in [0.25, 0.3) is 98.3 Å². The lowest BCUT2D eigenvalue weighted by molar-refractivity contribution is 0.669. The second-order valence-corrected chi connectivity index (χ2v) is 13.6. The summed E-state index contributed by atoms with van der Waals surface area (Å²) in [4.78, 5) is 10.5. The summed E-state index contributed by atoms with van der Waals surface area (Å²) < 4.78 is 8.92. The van der Waals surface area contributed by atoms with Gasteiger partial charge in [0.15, 0.2) is 5.82 Å². The maximum Gasteiger partial charge on any atom is 0.161 e. The minimum atomic E-state index is 0.695. The molecule has 3 heterocycles. The number of hydrogen-bond acceptors (Lipinski definition) is 4. The molecule has 10 rings (SSSR count).